The number of benzene rings is 1. The first-order valence-corrected chi connectivity index (χ1v) is 9.04. The molecule has 21 heavy (non-hydrogen) atoms. The first-order valence-electron chi connectivity index (χ1n) is 6.25. The molecule has 1 atom stereocenters. The van der Waals surface area contributed by atoms with Crippen LogP contribution >= 0.6 is 22.6 Å². The van der Waals surface area contributed by atoms with Crippen LogP contribution in [-0.2, 0) is 9.84 Å². The summed E-state index contributed by atoms with van der Waals surface area (Å²) in [7, 11) is -3.12. The molecule has 1 aliphatic heterocycles. The normalized spacial score (nSPS) is 20.1. The number of amides is 1. The third-order valence-corrected chi connectivity index (χ3v) is 6.57. The number of nitro benzene ring substituents is 1. The van der Waals surface area contributed by atoms with Crippen molar-refractivity contribution in [2.75, 3.05) is 12.3 Å². The molecule has 1 heterocycles. The van der Waals surface area contributed by atoms with Crippen LogP contribution in [0.25, 0.3) is 0 Å². The minimum absolute atomic E-state index is 0.0416. The molecule has 0 aliphatic carbocycles. The van der Waals surface area contributed by atoms with Gasteiger partial charge in [0.2, 0.25) is 0 Å². The molecular weight excluding hydrogens is 411 g/mol. The fourth-order valence-electron chi connectivity index (χ4n) is 2.19. The van der Waals surface area contributed by atoms with Crippen molar-refractivity contribution < 1.29 is 18.1 Å². The molecule has 1 N–H and O–H groups in total. The Morgan fingerprint density at radius 1 is 1.48 bits per heavy atom. The zero-order chi connectivity index (χ0) is 15.6. The highest BCUT2D eigenvalue weighted by atomic mass is 127. The fraction of sp³-hybridized carbons (Fsp3) is 0.417. The number of rotatable bonds is 4. The molecule has 9 heteroatoms. The van der Waals surface area contributed by atoms with Gasteiger partial charge in [-0.05, 0) is 41.5 Å². The van der Waals surface area contributed by atoms with Crippen LogP contribution in [0.1, 0.15) is 23.2 Å². The van der Waals surface area contributed by atoms with E-state index in [1.54, 1.807) is 0 Å². The first kappa shape index (κ1) is 16.1. The minimum atomic E-state index is -3.12. The van der Waals surface area contributed by atoms with Crippen molar-refractivity contribution in [2.24, 2.45) is 0 Å². The SMILES string of the molecule is O=C(NCC1CCCS1(=O)=O)c1cc([N+](=O)[O-])ccc1I. The number of nitrogens with one attached hydrogen (secondary N) is 1. The Bertz CT molecular complexity index is 689. The van der Waals surface area contributed by atoms with E-state index in [1.807, 2.05) is 22.6 Å². The summed E-state index contributed by atoms with van der Waals surface area (Å²) >= 11 is 1.91. The van der Waals surface area contributed by atoms with Gasteiger partial charge in [0.1, 0.15) is 0 Å². The molecule has 0 bridgehead atoms. The van der Waals surface area contributed by atoms with Gasteiger partial charge in [-0.3, -0.25) is 14.9 Å². The molecule has 7 nitrogen and oxygen atoms in total. The van der Waals surface area contributed by atoms with Crippen LogP contribution in [0.5, 0.6) is 0 Å². The third kappa shape index (κ3) is 3.70. The standard InChI is InChI=1S/C12H13IN2O5S/c13-11-4-3-8(15(17)18)6-10(11)12(16)14-7-9-2-1-5-21(9,19)20/h3-4,6,9H,1-2,5,7H2,(H,14,16). The number of carbonyl (C=O) groups is 1. The predicted molar refractivity (Wildman–Crippen MR) is 85.0 cm³/mol. The van der Waals surface area contributed by atoms with Crippen LogP contribution in [0.2, 0.25) is 0 Å². The molecule has 0 spiro atoms. The van der Waals surface area contributed by atoms with Crippen molar-refractivity contribution in [2.45, 2.75) is 18.1 Å². The average molecular weight is 424 g/mol. The largest absolute Gasteiger partial charge is 0.351 e. The second kappa shape index (κ2) is 6.26. The average Bonchev–Trinajstić information content (AvgIpc) is 2.75. The fourth-order valence-corrected chi connectivity index (χ4v) is 4.54. The second-order valence-corrected chi connectivity index (χ2v) is 8.33. The van der Waals surface area contributed by atoms with Gasteiger partial charge in [-0.1, -0.05) is 0 Å². The van der Waals surface area contributed by atoms with Crippen molar-refractivity contribution in [1.29, 1.82) is 0 Å². The van der Waals surface area contributed by atoms with Crippen molar-refractivity contribution in [1.82, 2.24) is 5.32 Å². The zero-order valence-corrected chi connectivity index (χ0v) is 13.9. The number of halogens is 1. The van der Waals surface area contributed by atoms with E-state index < -0.39 is 25.9 Å². The van der Waals surface area contributed by atoms with E-state index in [4.69, 9.17) is 0 Å². The van der Waals surface area contributed by atoms with Crippen LogP contribution in [0.3, 0.4) is 0 Å². The van der Waals surface area contributed by atoms with E-state index in [-0.39, 0.29) is 23.5 Å². The lowest BCUT2D eigenvalue weighted by atomic mass is 10.2. The maximum Gasteiger partial charge on any atom is 0.270 e. The van der Waals surface area contributed by atoms with E-state index in [1.165, 1.54) is 18.2 Å². The molecular formula is C12H13IN2O5S. The van der Waals surface area contributed by atoms with Crippen LogP contribution in [-0.4, -0.2) is 36.8 Å². The Morgan fingerprint density at radius 3 is 2.76 bits per heavy atom. The van der Waals surface area contributed by atoms with E-state index in [0.29, 0.717) is 16.4 Å². The Balaban J connectivity index is 2.10. The summed E-state index contributed by atoms with van der Waals surface area (Å²) in [4.78, 5) is 22.2. The molecule has 0 radical (unpaired) electrons. The molecule has 0 aromatic heterocycles. The Morgan fingerprint density at radius 2 is 2.19 bits per heavy atom. The summed E-state index contributed by atoms with van der Waals surface area (Å²) in [6.45, 7) is 0.0416. The molecule has 0 saturated carbocycles. The molecule has 1 amide bonds. The number of hydrogen-bond donors (Lipinski definition) is 1. The zero-order valence-electron chi connectivity index (χ0n) is 10.9. The monoisotopic (exact) mass is 424 g/mol. The number of carbonyl (C=O) groups excluding carboxylic acids is 1. The van der Waals surface area contributed by atoms with Gasteiger partial charge in [0, 0.05) is 22.2 Å². The topological polar surface area (TPSA) is 106 Å². The predicted octanol–water partition coefficient (Wildman–Crippen LogP) is 1.51. The van der Waals surface area contributed by atoms with Crippen molar-refractivity contribution in [3.63, 3.8) is 0 Å². The summed E-state index contributed by atoms with van der Waals surface area (Å²) in [6, 6.07) is 4.00. The van der Waals surface area contributed by atoms with Gasteiger partial charge >= 0.3 is 0 Å². The number of sulfone groups is 1. The maximum atomic E-state index is 12.1. The van der Waals surface area contributed by atoms with Gasteiger partial charge in [0.05, 0.1) is 21.5 Å². The van der Waals surface area contributed by atoms with E-state index in [0.717, 1.165) is 0 Å². The van der Waals surface area contributed by atoms with E-state index >= 15 is 0 Å². The molecule has 1 fully saturated rings. The van der Waals surface area contributed by atoms with Gasteiger partial charge in [0.25, 0.3) is 11.6 Å². The van der Waals surface area contributed by atoms with Crippen LogP contribution in [0.15, 0.2) is 18.2 Å². The number of nitro groups is 1. The Labute approximate surface area is 135 Å². The smallest absolute Gasteiger partial charge is 0.270 e. The van der Waals surface area contributed by atoms with Gasteiger partial charge in [-0.15, -0.1) is 0 Å². The molecule has 1 aromatic carbocycles. The molecule has 2 rings (SSSR count). The maximum absolute atomic E-state index is 12.1. The van der Waals surface area contributed by atoms with Crippen molar-refractivity contribution in [3.8, 4) is 0 Å². The molecule has 1 unspecified atom stereocenters. The summed E-state index contributed by atoms with van der Waals surface area (Å²) in [5, 5.41) is 12.7. The number of nitrogens with zero attached hydrogens (tertiary/aromatic N) is 1. The molecule has 114 valence electrons. The summed E-state index contributed by atoms with van der Waals surface area (Å²) in [5.74, 6) is -0.341. The highest BCUT2D eigenvalue weighted by molar-refractivity contribution is 14.1. The molecule has 1 aromatic rings. The van der Waals surface area contributed by atoms with Gasteiger partial charge in [-0.25, -0.2) is 8.42 Å². The van der Waals surface area contributed by atoms with Crippen LogP contribution in [0.4, 0.5) is 5.69 Å². The summed E-state index contributed by atoms with van der Waals surface area (Å²) < 4.78 is 23.9. The summed E-state index contributed by atoms with van der Waals surface area (Å²) in [5.41, 5.74) is 0.00856. The first-order chi connectivity index (χ1) is 9.81. The molecule has 1 aliphatic rings. The van der Waals surface area contributed by atoms with E-state index in [9.17, 15) is 23.3 Å². The van der Waals surface area contributed by atoms with Crippen molar-refractivity contribution in [3.05, 3.63) is 37.4 Å². The van der Waals surface area contributed by atoms with E-state index in [2.05, 4.69) is 5.32 Å². The van der Waals surface area contributed by atoms with Gasteiger partial charge < -0.3 is 5.32 Å². The quantitative estimate of drug-likeness (QED) is 0.448. The number of hydrogen-bond acceptors (Lipinski definition) is 5. The molecule has 1 saturated heterocycles. The number of non-ortho nitro benzene ring substituents is 1. The van der Waals surface area contributed by atoms with Crippen molar-refractivity contribution >= 4 is 44.0 Å². The summed E-state index contributed by atoms with van der Waals surface area (Å²) in [6.07, 6.45) is 1.14. The van der Waals surface area contributed by atoms with Gasteiger partial charge in [-0.2, -0.15) is 0 Å². The Kier molecular flexibility index (Phi) is 4.81. The third-order valence-electron chi connectivity index (χ3n) is 3.36. The second-order valence-electron chi connectivity index (χ2n) is 4.76. The minimum Gasteiger partial charge on any atom is -0.351 e. The lowest BCUT2D eigenvalue weighted by Crippen LogP contribution is -2.34. The highest BCUT2D eigenvalue weighted by Gasteiger charge is 2.31. The Hall–Kier alpha value is -1.23. The van der Waals surface area contributed by atoms with Crippen LogP contribution in [0, 0.1) is 13.7 Å². The lowest BCUT2D eigenvalue weighted by molar-refractivity contribution is -0.384. The highest BCUT2D eigenvalue weighted by Crippen LogP contribution is 2.21. The van der Waals surface area contributed by atoms with Gasteiger partial charge in [0.15, 0.2) is 9.84 Å². The van der Waals surface area contributed by atoms with Crippen LogP contribution < -0.4 is 5.32 Å². The lowest BCUT2D eigenvalue weighted by Gasteiger charge is -2.11.